The molecular weight excluding hydrogens is 264 g/mol. The number of unbranched alkanes of at least 4 members (excludes halogenated alkanes) is 11. The molecule has 0 N–H and O–H groups in total. The van der Waals surface area contributed by atoms with E-state index in [0.29, 0.717) is 0 Å². The van der Waals surface area contributed by atoms with E-state index in [4.69, 9.17) is 0 Å². The van der Waals surface area contributed by atoms with E-state index in [1.165, 1.54) is 83.5 Å². The van der Waals surface area contributed by atoms with E-state index in [2.05, 4.69) is 50.3 Å². The van der Waals surface area contributed by atoms with E-state index in [-0.39, 0.29) is 0 Å². The molecular formula is C22H40. The van der Waals surface area contributed by atoms with Crippen LogP contribution in [-0.2, 0) is 0 Å². The average Bonchev–Trinajstić information content (AvgIpc) is 2.54. The Labute approximate surface area is 140 Å². The van der Waals surface area contributed by atoms with Crippen molar-refractivity contribution in [3.63, 3.8) is 0 Å². The Hall–Kier alpha value is -0.780. The molecule has 0 aliphatic heterocycles. The predicted molar refractivity (Wildman–Crippen MR) is 103 cm³/mol. The molecule has 22 heavy (non-hydrogen) atoms. The second-order valence-electron chi connectivity index (χ2n) is 6.32. The van der Waals surface area contributed by atoms with Crippen LogP contribution < -0.4 is 0 Å². The molecule has 0 amide bonds. The van der Waals surface area contributed by atoms with Crippen LogP contribution in [-0.4, -0.2) is 0 Å². The lowest BCUT2D eigenvalue weighted by atomic mass is 10.1. The number of hydrogen-bond acceptors (Lipinski definition) is 0. The summed E-state index contributed by atoms with van der Waals surface area (Å²) in [6.07, 6.45) is 32.5. The maximum atomic E-state index is 2.35. The second-order valence-corrected chi connectivity index (χ2v) is 6.32. The highest BCUT2D eigenvalue weighted by atomic mass is 14.0. The molecule has 0 spiro atoms. The zero-order valence-electron chi connectivity index (χ0n) is 15.4. The number of rotatable bonds is 16. The van der Waals surface area contributed by atoms with Gasteiger partial charge >= 0.3 is 0 Å². The Kier molecular flexibility index (Phi) is 19.5. The highest BCUT2D eigenvalue weighted by Gasteiger charge is 1.91. The third-order valence-corrected chi connectivity index (χ3v) is 4.00. The Morgan fingerprint density at radius 3 is 1.68 bits per heavy atom. The van der Waals surface area contributed by atoms with Gasteiger partial charge < -0.3 is 0 Å². The van der Waals surface area contributed by atoms with Crippen molar-refractivity contribution in [2.24, 2.45) is 0 Å². The molecule has 0 radical (unpaired) electrons. The van der Waals surface area contributed by atoms with Crippen molar-refractivity contribution in [3.8, 4) is 0 Å². The topological polar surface area (TPSA) is 0 Å². The van der Waals surface area contributed by atoms with Gasteiger partial charge in [-0.05, 0) is 25.7 Å². The van der Waals surface area contributed by atoms with E-state index < -0.39 is 0 Å². The van der Waals surface area contributed by atoms with Crippen molar-refractivity contribution in [1.82, 2.24) is 0 Å². The van der Waals surface area contributed by atoms with Crippen LogP contribution in [0.2, 0.25) is 0 Å². The Morgan fingerprint density at radius 1 is 0.455 bits per heavy atom. The van der Waals surface area contributed by atoms with Crippen LogP contribution in [0.5, 0.6) is 0 Å². The molecule has 0 atom stereocenters. The maximum absolute atomic E-state index is 2.35. The summed E-state index contributed by atoms with van der Waals surface area (Å²) >= 11 is 0. The van der Waals surface area contributed by atoms with E-state index >= 15 is 0 Å². The average molecular weight is 305 g/mol. The minimum atomic E-state index is 1.08. The Balaban J connectivity index is 3.17. The summed E-state index contributed by atoms with van der Waals surface area (Å²) < 4.78 is 0. The van der Waals surface area contributed by atoms with Gasteiger partial charge in [-0.15, -0.1) is 0 Å². The minimum Gasteiger partial charge on any atom is -0.0882 e. The molecule has 0 saturated carbocycles. The lowest BCUT2D eigenvalue weighted by Crippen LogP contribution is -1.81. The SMILES string of the molecule is CCCC=CC=CCC=CCCCCCCCCCCCC. The Bertz CT molecular complexity index is 270. The quantitative estimate of drug-likeness (QED) is 0.153. The van der Waals surface area contributed by atoms with Gasteiger partial charge in [0.2, 0.25) is 0 Å². The van der Waals surface area contributed by atoms with E-state index in [1.807, 2.05) is 0 Å². The zero-order chi connectivity index (χ0) is 16.1. The van der Waals surface area contributed by atoms with Crippen molar-refractivity contribution < 1.29 is 0 Å². The molecule has 0 aromatic carbocycles. The lowest BCUT2D eigenvalue weighted by Gasteiger charge is -2.01. The van der Waals surface area contributed by atoms with Crippen LogP contribution in [0.15, 0.2) is 36.5 Å². The number of hydrogen-bond donors (Lipinski definition) is 0. The van der Waals surface area contributed by atoms with Gasteiger partial charge in [-0.25, -0.2) is 0 Å². The monoisotopic (exact) mass is 304 g/mol. The first-order valence-corrected chi connectivity index (χ1v) is 9.88. The maximum Gasteiger partial charge on any atom is -0.0166 e. The molecule has 0 aliphatic carbocycles. The van der Waals surface area contributed by atoms with E-state index in [0.717, 1.165) is 6.42 Å². The molecule has 0 aliphatic rings. The van der Waals surface area contributed by atoms with Crippen LogP contribution in [0.25, 0.3) is 0 Å². The minimum absolute atomic E-state index is 1.08. The molecule has 0 aromatic rings. The summed E-state index contributed by atoms with van der Waals surface area (Å²) in [7, 11) is 0. The van der Waals surface area contributed by atoms with Crippen LogP contribution in [0.3, 0.4) is 0 Å². The summed E-state index contributed by atoms with van der Waals surface area (Å²) in [6.45, 7) is 4.50. The second kappa shape index (κ2) is 20.2. The smallest absolute Gasteiger partial charge is 0.0166 e. The largest absolute Gasteiger partial charge is 0.0882 e. The van der Waals surface area contributed by atoms with Gasteiger partial charge in [0.15, 0.2) is 0 Å². The first kappa shape index (κ1) is 21.2. The summed E-state index contributed by atoms with van der Waals surface area (Å²) in [6, 6.07) is 0. The van der Waals surface area contributed by atoms with Crippen LogP contribution in [0, 0.1) is 0 Å². The standard InChI is InChI=1S/C22H40/c1-3-5-7-9-11-13-15-17-19-21-22-20-18-16-14-12-10-8-6-4-2/h7,9,11,13,17,19H,3-6,8,10,12,14-16,18,20-22H2,1-2H3. The van der Waals surface area contributed by atoms with Gasteiger partial charge in [0.05, 0.1) is 0 Å². The third kappa shape index (κ3) is 19.2. The van der Waals surface area contributed by atoms with Gasteiger partial charge in [-0.1, -0.05) is 115 Å². The molecule has 0 aromatic heterocycles. The molecule has 0 fully saturated rings. The first-order chi connectivity index (χ1) is 10.9. The van der Waals surface area contributed by atoms with Gasteiger partial charge in [-0.3, -0.25) is 0 Å². The molecule has 0 heterocycles. The predicted octanol–water partition coefficient (Wildman–Crippen LogP) is 8.16. The van der Waals surface area contributed by atoms with Gasteiger partial charge in [-0.2, -0.15) is 0 Å². The van der Waals surface area contributed by atoms with Gasteiger partial charge in [0.1, 0.15) is 0 Å². The van der Waals surface area contributed by atoms with Crippen molar-refractivity contribution in [2.45, 2.75) is 104 Å². The Morgan fingerprint density at radius 2 is 1.05 bits per heavy atom. The summed E-state index contributed by atoms with van der Waals surface area (Å²) in [5, 5.41) is 0. The van der Waals surface area contributed by atoms with Crippen LogP contribution >= 0.6 is 0 Å². The highest BCUT2D eigenvalue weighted by Crippen LogP contribution is 2.11. The zero-order valence-corrected chi connectivity index (χ0v) is 15.4. The van der Waals surface area contributed by atoms with E-state index in [9.17, 15) is 0 Å². The molecule has 0 unspecified atom stereocenters. The highest BCUT2D eigenvalue weighted by molar-refractivity contribution is 5.04. The molecule has 128 valence electrons. The fraction of sp³-hybridized carbons (Fsp3) is 0.727. The molecule has 0 nitrogen and oxygen atoms in total. The summed E-state index contributed by atoms with van der Waals surface area (Å²) in [4.78, 5) is 0. The molecule has 0 heteroatoms. The summed E-state index contributed by atoms with van der Waals surface area (Å²) in [5.41, 5.74) is 0. The molecule has 0 saturated heterocycles. The van der Waals surface area contributed by atoms with Crippen molar-refractivity contribution in [2.75, 3.05) is 0 Å². The van der Waals surface area contributed by atoms with Crippen molar-refractivity contribution >= 4 is 0 Å². The van der Waals surface area contributed by atoms with Crippen molar-refractivity contribution in [1.29, 1.82) is 0 Å². The molecule has 0 bridgehead atoms. The van der Waals surface area contributed by atoms with Crippen LogP contribution in [0.1, 0.15) is 104 Å². The fourth-order valence-corrected chi connectivity index (χ4v) is 2.54. The first-order valence-electron chi connectivity index (χ1n) is 9.88. The van der Waals surface area contributed by atoms with Gasteiger partial charge in [0.25, 0.3) is 0 Å². The number of allylic oxidation sites excluding steroid dienone is 6. The van der Waals surface area contributed by atoms with Crippen LogP contribution in [0.4, 0.5) is 0 Å². The molecule has 0 rings (SSSR count). The normalized spacial score (nSPS) is 12.3. The third-order valence-electron chi connectivity index (χ3n) is 4.00. The van der Waals surface area contributed by atoms with Crippen molar-refractivity contribution in [3.05, 3.63) is 36.5 Å². The van der Waals surface area contributed by atoms with E-state index in [1.54, 1.807) is 0 Å². The summed E-state index contributed by atoms with van der Waals surface area (Å²) in [5.74, 6) is 0. The van der Waals surface area contributed by atoms with Gasteiger partial charge in [0, 0.05) is 0 Å². The lowest BCUT2D eigenvalue weighted by molar-refractivity contribution is 0.557. The fourth-order valence-electron chi connectivity index (χ4n) is 2.54.